The van der Waals surface area contributed by atoms with Gasteiger partial charge in [-0.05, 0) is 51.4 Å². The molecule has 4 heterocycles. The minimum Gasteiger partial charge on any atom is -1.00 e. The number of thiocarbonyl (C=S) groups is 4. The summed E-state index contributed by atoms with van der Waals surface area (Å²) in [6.07, 6.45) is 4.86. The predicted molar refractivity (Wildman–Crippen MR) is 137 cm³/mol. The van der Waals surface area contributed by atoms with E-state index in [1.807, 2.05) is 0 Å². The zero-order valence-corrected chi connectivity index (χ0v) is 27.9. The van der Waals surface area contributed by atoms with Crippen LogP contribution in [0.25, 0.3) is 21.3 Å². The molecular weight excluding hydrogens is 758 g/mol. The first kappa shape index (κ1) is 46.0. The normalized spacial score (nSPS) is 16.5. The molecule has 0 N–H and O–H groups in total. The van der Waals surface area contributed by atoms with Gasteiger partial charge in [0.15, 0.2) is 0 Å². The molecule has 0 saturated carbocycles. The van der Waals surface area contributed by atoms with Crippen LogP contribution in [0.5, 0.6) is 0 Å². The Morgan fingerprint density at radius 3 is 0.686 bits per heavy atom. The zero-order valence-electron chi connectivity index (χ0n) is 18.4. The number of rotatable bonds is 0. The third-order valence-corrected chi connectivity index (χ3v) is 4.39. The molecule has 0 atom stereocenters. The molecule has 35 heavy (non-hydrogen) atoms. The van der Waals surface area contributed by atoms with Gasteiger partial charge in [0.1, 0.15) is 0 Å². The molecule has 8 nitrogen and oxygen atoms in total. The fourth-order valence-corrected chi connectivity index (χ4v) is 2.67. The molecule has 0 bridgehead atoms. The van der Waals surface area contributed by atoms with Crippen molar-refractivity contribution in [3.63, 3.8) is 0 Å². The number of hydrogen-bond acceptors (Lipinski definition) is 8. The van der Waals surface area contributed by atoms with E-state index >= 15 is 0 Å². The number of amides is 4. The maximum absolute atomic E-state index is 10.2. The Hall–Kier alpha value is 1.08. The Labute approximate surface area is 283 Å². The van der Waals surface area contributed by atoms with Gasteiger partial charge >= 0.3 is 61.0 Å². The summed E-state index contributed by atoms with van der Waals surface area (Å²) < 4.78 is 0. The molecule has 18 heteroatoms. The summed E-state index contributed by atoms with van der Waals surface area (Å²) in [4.78, 5) is 43.0. The van der Waals surface area contributed by atoms with Gasteiger partial charge in [-0.15, -0.1) is 72.1 Å². The van der Waals surface area contributed by atoms with Crippen molar-refractivity contribution in [3.8, 4) is 0 Å². The summed E-state index contributed by atoms with van der Waals surface area (Å²) in [5.74, 6) is -0.259. The van der Waals surface area contributed by atoms with Crippen molar-refractivity contribution in [1.82, 2.24) is 0 Å². The van der Waals surface area contributed by atoms with Crippen molar-refractivity contribution in [2.45, 2.75) is 51.4 Å². The Balaban J connectivity index is -0.000000106. The Kier molecular flexibility index (Phi) is 36.9. The molecule has 188 valence electrons. The molecule has 4 amide bonds. The van der Waals surface area contributed by atoms with Crippen LogP contribution in [0.4, 0.5) is 0 Å². The standard InChI is InChI=1S/4C4H5NOS.CH2Cl2.ClH.Li.2Mo/c4*6-3-1-2-4(7)5-3;2-1-3;;;;/h4*1-2H2,(H,5,6,7);1H2;1H;;;/q;;;;;;+1;2*+2/p-5. The molecule has 0 aromatic carbocycles. The Morgan fingerprint density at radius 2 is 0.657 bits per heavy atom. The first-order valence-electron chi connectivity index (χ1n) is 8.78. The molecule has 4 rings (SSSR count). The number of nitrogens with zero attached hydrogens (tertiary/aromatic N) is 4. The van der Waals surface area contributed by atoms with Crippen LogP contribution in [-0.4, -0.2) is 48.9 Å². The van der Waals surface area contributed by atoms with Crippen LogP contribution in [0.3, 0.4) is 0 Å². The fraction of sp³-hybridized carbons (Fsp3) is 0.529. The van der Waals surface area contributed by atoms with Crippen LogP contribution in [0.2, 0.25) is 0 Å². The maximum Gasteiger partial charge on any atom is 2.00 e. The molecule has 0 unspecified atom stereocenters. The van der Waals surface area contributed by atoms with Crippen LogP contribution in [0.1, 0.15) is 51.4 Å². The van der Waals surface area contributed by atoms with Crippen molar-refractivity contribution in [2.24, 2.45) is 0 Å². The number of halogens is 3. The summed E-state index contributed by atoms with van der Waals surface area (Å²) in [7, 11) is 0. The average Bonchev–Trinajstić information content (AvgIpc) is 3.44. The van der Waals surface area contributed by atoms with Gasteiger partial charge in [-0.1, -0.05) is 20.0 Å². The SMILES string of the molecule is ClCCl.O=C1CCC(=S)[N-]1.O=C1CCC(=S)[N-]1.O=C1CCC(=S)[N-]1.O=C1CCC(=S)[N-]1.[Cl-].[Li+].[Mo+2].[Mo+2]. The average molecular weight is 776 g/mol. The molecule has 0 spiro atoms. The van der Waals surface area contributed by atoms with Gasteiger partial charge in [-0.25, -0.2) is 0 Å². The third-order valence-electron chi connectivity index (χ3n) is 3.21. The molecule has 0 aromatic heterocycles. The van der Waals surface area contributed by atoms with Gasteiger partial charge < -0.3 is 52.9 Å². The third kappa shape index (κ3) is 27.9. The molecular formula is C17H18Cl3LiMo2N4O4S4. The fourth-order valence-electron chi connectivity index (χ4n) is 1.86. The molecule has 4 aliphatic heterocycles. The number of carbonyl (C=O) groups excluding carboxylic acids is 4. The van der Waals surface area contributed by atoms with Crippen molar-refractivity contribution >= 4 is 116 Å². The quantitative estimate of drug-likeness (QED) is 0.183. The molecule has 4 fully saturated rings. The minimum absolute atomic E-state index is 0. The summed E-state index contributed by atoms with van der Waals surface area (Å²) in [5, 5.41) is 14.1. The van der Waals surface area contributed by atoms with E-state index in [-0.39, 0.29) is 102 Å². The number of carbonyl (C=O) groups is 4. The van der Waals surface area contributed by atoms with Gasteiger partial charge in [0, 0.05) is 0 Å². The van der Waals surface area contributed by atoms with Gasteiger partial charge in [0.25, 0.3) is 0 Å². The Morgan fingerprint density at radius 1 is 0.514 bits per heavy atom. The summed E-state index contributed by atoms with van der Waals surface area (Å²) >= 11 is 28.0. The van der Waals surface area contributed by atoms with E-state index in [1.165, 1.54) is 0 Å². The largest absolute Gasteiger partial charge is 2.00 e. The first-order chi connectivity index (χ1) is 14.6. The van der Waals surface area contributed by atoms with E-state index in [0.717, 1.165) is 0 Å². The van der Waals surface area contributed by atoms with Crippen molar-refractivity contribution < 1.29 is 92.6 Å². The van der Waals surface area contributed by atoms with Crippen molar-refractivity contribution in [3.05, 3.63) is 21.3 Å². The van der Waals surface area contributed by atoms with E-state index < -0.39 is 0 Å². The number of hydrogen-bond donors (Lipinski definition) is 0. The molecule has 0 aliphatic carbocycles. The van der Waals surface area contributed by atoms with Crippen LogP contribution in [-0.2, 0) is 61.3 Å². The minimum atomic E-state index is -0.0648. The molecule has 0 radical (unpaired) electrons. The van der Waals surface area contributed by atoms with E-state index in [0.29, 0.717) is 71.3 Å². The van der Waals surface area contributed by atoms with Crippen LogP contribution < -0.4 is 31.3 Å². The predicted octanol–water partition coefficient (Wildman–Crippen LogP) is -0.544. The zero-order chi connectivity index (χ0) is 23.8. The second kappa shape index (κ2) is 28.1. The smallest absolute Gasteiger partial charge is 1.00 e. The molecule has 4 saturated heterocycles. The van der Waals surface area contributed by atoms with E-state index in [2.05, 4.69) is 70.1 Å². The second-order valence-electron chi connectivity index (χ2n) is 5.70. The van der Waals surface area contributed by atoms with E-state index in [4.69, 9.17) is 23.2 Å². The Bertz CT molecular complexity index is 595. The molecule has 0 aromatic rings. The summed E-state index contributed by atoms with van der Waals surface area (Å²) in [6.45, 7) is 0. The first-order valence-corrected chi connectivity index (χ1v) is 11.5. The van der Waals surface area contributed by atoms with Gasteiger partial charge in [0.2, 0.25) is 0 Å². The van der Waals surface area contributed by atoms with Crippen molar-refractivity contribution in [1.29, 1.82) is 0 Å². The van der Waals surface area contributed by atoms with Crippen LogP contribution in [0, 0.1) is 0 Å². The second-order valence-corrected chi connectivity index (χ2v) is 8.39. The monoisotopic (exact) mass is 778 g/mol. The van der Waals surface area contributed by atoms with Crippen LogP contribution in [0.15, 0.2) is 0 Å². The molecule has 4 aliphatic rings. The van der Waals surface area contributed by atoms with Gasteiger partial charge in [-0.2, -0.15) is 0 Å². The topological polar surface area (TPSA) is 125 Å². The van der Waals surface area contributed by atoms with Gasteiger partial charge in [0.05, 0.1) is 29.0 Å². The van der Waals surface area contributed by atoms with Gasteiger partial charge in [-0.3, -0.25) is 0 Å². The van der Waals surface area contributed by atoms with E-state index in [1.54, 1.807) is 0 Å². The summed E-state index contributed by atoms with van der Waals surface area (Å²) in [5.41, 5.74) is 0. The van der Waals surface area contributed by atoms with Crippen molar-refractivity contribution in [2.75, 3.05) is 5.34 Å². The van der Waals surface area contributed by atoms with E-state index in [9.17, 15) is 19.2 Å². The maximum atomic E-state index is 10.2. The van der Waals surface area contributed by atoms with Crippen LogP contribution >= 0.6 is 72.1 Å². The summed E-state index contributed by atoms with van der Waals surface area (Å²) in [6, 6.07) is 0. The number of alkyl halides is 2.